The number of hydrogen-bond acceptors (Lipinski definition) is 6. The number of nitrogens with one attached hydrogen (secondary N) is 2. The van der Waals surface area contributed by atoms with Crippen molar-refractivity contribution in [1.82, 2.24) is 10.3 Å². The molecule has 150 valence electrons. The van der Waals surface area contributed by atoms with Gasteiger partial charge < -0.3 is 19.8 Å². The van der Waals surface area contributed by atoms with Crippen LogP contribution in [0.1, 0.15) is 44.2 Å². The van der Waals surface area contributed by atoms with E-state index in [2.05, 4.69) is 15.6 Å². The smallest absolute Gasteiger partial charge is 0.291 e. The fourth-order valence-electron chi connectivity index (χ4n) is 2.74. The van der Waals surface area contributed by atoms with Gasteiger partial charge in [0.1, 0.15) is 0 Å². The average Bonchev–Trinajstić information content (AvgIpc) is 3.23. The van der Waals surface area contributed by atoms with Gasteiger partial charge >= 0.3 is 0 Å². The number of carbonyl (C=O) groups excluding carboxylic acids is 2. The van der Waals surface area contributed by atoms with Crippen molar-refractivity contribution in [2.45, 2.75) is 26.3 Å². The fraction of sp³-hybridized carbons (Fsp3) is 0.286. The molecule has 1 aliphatic carbocycles. The van der Waals surface area contributed by atoms with E-state index < -0.39 is 0 Å². The fourth-order valence-corrected chi connectivity index (χ4v) is 3.72. The van der Waals surface area contributed by atoms with Crippen LogP contribution in [0.3, 0.4) is 0 Å². The topological polar surface area (TPSA) is 93.5 Å². The highest BCUT2D eigenvalue weighted by Crippen LogP contribution is 2.29. The van der Waals surface area contributed by atoms with E-state index in [1.165, 1.54) is 30.4 Å². The highest BCUT2D eigenvalue weighted by molar-refractivity contribution is 7.18. The number of anilines is 1. The Hall–Kier alpha value is -3.13. The zero-order valence-electron chi connectivity index (χ0n) is 15.9. The minimum atomic E-state index is -0.348. The summed E-state index contributed by atoms with van der Waals surface area (Å²) in [6, 6.07) is 8.70. The van der Waals surface area contributed by atoms with Crippen LogP contribution < -0.4 is 15.4 Å². The van der Waals surface area contributed by atoms with Crippen LogP contribution in [0.2, 0.25) is 0 Å². The van der Waals surface area contributed by atoms with Gasteiger partial charge in [0, 0.05) is 18.8 Å². The molecule has 4 rings (SSSR count). The molecule has 2 amide bonds. The molecule has 0 saturated heterocycles. The van der Waals surface area contributed by atoms with Crippen LogP contribution in [-0.4, -0.2) is 23.4 Å². The van der Waals surface area contributed by atoms with Gasteiger partial charge in [-0.1, -0.05) is 0 Å². The second-order valence-electron chi connectivity index (χ2n) is 6.99. The zero-order valence-corrected chi connectivity index (χ0v) is 16.8. The molecule has 0 unspecified atom stereocenters. The number of aryl methyl sites for hydroxylation is 1. The van der Waals surface area contributed by atoms with Crippen molar-refractivity contribution < 1.29 is 18.7 Å². The lowest BCUT2D eigenvalue weighted by Gasteiger charge is -2.07. The third-order valence-corrected chi connectivity index (χ3v) is 5.67. The zero-order chi connectivity index (χ0) is 20.2. The first-order chi connectivity index (χ1) is 14.1. The predicted octanol–water partition coefficient (Wildman–Crippen LogP) is 4.02. The van der Waals surface area contributed by atoms with Crippen molar-refractivity contribution >= 4 is 28.2 Å². The third kappa shape index (κ3) is 5.03. The standard InChI is InChI=1S/C21H21N3O4S/c1-13-9-18(24-20(25)16-3-2-8-27-16)29-19(13)21(26)23-11-15-6-7-22-17(10-15)28-12-14-4-5-14/h2-3,6-10,14H,4-5,11-12H2,1H3,(H,23,26)(H,24,25). The summed E-state index contributed by atoms with van der Waals surface area (Å²) < 4.78 is 10.8. The van der Waals surface area contributed by atoms with Crippen LogP contribution in [0.5, 0.6) is 5.88 Å². The molecule has 7 nitrogen and oxygen atoms in total. The summed E-state index contributed by atoms with van der Waals surface area (Å²) in [4.78, 5) is 29.5. The van der Waals surface area contributed by atoms with Gasteiger partial charge in [-0.3, -0.25) is 9.59 Å². The van der Waals surface area contributed by atoms with Crippen molar-refractivity contribution in [2.75, 3.05) is 11.9 Å². The van der Waals surface area contributed by atoms with Gasteiger partial charge in [-0.2, -0.15) is 0 Å². The Balaban J connectivity index is 1.34. The normalized spacial score (nSPS) is 13.1. The molecule has 0 aliphatic heterocycles. The molecular formula is C21H21N3O4S. The molecule has 29 heavy (non-hydrogen) atoms. The van der Waals surface area contributed by atoms with Crippen molar-refractivity contribution in [1.29, 1.82) is 0 Å². The summed E-state index contributed by atoms with van der Waals surface area (Å²) >= 11 is 1.23. The Morgan fingerprint density at radius 3 is 2.90 bits per heavy atom. The number of amides is 2. The van der Waals surface area contributed by atoms with Gasteiger partial charge in [-0.25, -0.2) is 4.98 Å². The van der Waals surface area contributed by atoms with Gasteiger partial charge in [0.25, 0.3) is 11.8 Å². The van der Waals surface area contributed by atoms with Crippen LogP contribution >= 0.6 is 11.3 Å². The van der Waals surface area contributed by atoms with E-state index in [0.29, 0.717) is 34.8 Å². The first kappa shape index (κ1) is 19.2. The number of rotatable bonds is 8. The first-order valence-corrected chi connectivity index (χ1v) is 10.2. The maximum absolute atomic E-state index is 12.6. The lowest BCUT2D eigenvalue weighted by atomic mass is 10.2. The molecule has 3 aromatic rings. The monoisotopic (exact) mass is 411 g/mol. The van der Waals surface area contributed by atoms with Crippen LogP contribution in [-0.2, 0) is 6.54 Å². The molecule has 0 aromatic carbocycles. The van der Waals surface area contributed by atoms with E-state index in [1.807, 2.05) is 19.1 Å². The molecule has 1 fully saturated rings. The van der Waals surface area contributed by atoms with Crippen molar-refractivity contribution in [3.05, 3.63) is 64.6 Å². The van der Waals surface area contributed by atoms with E-state index in [9.17, 15) is 9.59 Å². The SMILES string of the molecule is Cc1cc(NC(=O)c2ccco2)sc1C(=O)NCc1ccnc(OCC2CC2)c1. The number of ether oxygens (including phenoxy) is 1. The summed E-state index contributed by atoms with van der Waals surface area (Å²) in [6.45, 7) is 2.90. The first-order valence-electron chi connectivity index (χ1n) is 9.39. The number of furan rings is 1. The lowest BCUT2D eigenvalue weighted by Crippen LogP contribution is -2.22. The van der Waals surface area contributed by atoms with Crippen molar-refractivity contribution in [3.63, 3.8) is 0 Å². The second-order valence-corrected chi connectivity index (χ2v) is 8.05. The van der Waals surface area contributed by atoms with E-state index in [0.717, 1.165) is 11.1 Å². The molecule has 0 radical (unpaired) electrons. The van der Waals surface area contributed by atoms with Gasteiger partial charge in [0.15, 0.2) is 5.76 Å². The van der Waals surface area contributed by atoms with Crippen LogP contribution in [0.15, 0.2) is 47.2 Å². The Morgan fingerprint density at radius 2 is 2.14 bits per heavy atom. The Kier molecular flexibility index (Phi) is 5.62. The van der Waals surface area contributed by atoms with E-state index in [1.54, 1.807) is 24.4 Å². The largest absolute Gasteiger partial charge is 0.477 e. The quantitative estimate of drug-likeness (QED) is 0.584. The number of thiophene rings is 1. The summed E-state index contributed by atoms with van der Waals surface area (Å²) in [5.74, 6) is 0.921. The Morgan fingerprint density at radius 1 is 1.28 bits per heavy atom. The summed E-state index contributed by atoms with van der Waals surface area (Å²) in [5, 5.41) is 6.25. The molecule has 0 atom stereocenters. The van der Waals surface area contributed by atoms with E-state index in [4.69, 9.17) is 9.15 Å². The predicted molar refractivity (Wildman–Crippen MR) is 109 cm³/mol. The van der Waals surface area contributed by atoms with Gasteiger partial charge in [0.2, 0.25) is 5.88 Å². The Bertz CT molecular complexity index is 1010. The highest BCUT2D eigenvalue weighted by Gasteiger charge is 2.22. The summed E-state index contributed by atoms with van der Waals surface area (Å²) in [5.41, 5.74) is 1.71. The number of hydrogen-bond donors (Lipinski definition) is 2. The summed E-state index contributed by atoms with van der Waals surface area (Å²) in [7, 11) is 0. The number of pyridine rings is 1. The molecule has 0 spiro atoms. The van der Waals surface area contributed by atoms with Gasteiger partial charge in [-0.05, 0) is 61.1 Å². The van der Waals surface area contributed by atoms with Crippen molar-refractivity contribution in [3.8, 4) is 5.88 Å². The molecule has 0 bridgehead atoms. The number of aromatic nitrogens is 1. The maximum Gasteiger partial charge on any atom is 0.291 e. The number of carbonyl (C=O) groups is 2. The molecule has 2 N–H and O–H groups in total. The highest BCUT2D eigenvalue weighted by atomic mass is 32.1. The molecule has 8 heteroatoms. The lowest BCUT2D eigenvalue weighted by molar-refractivity contribution is 0.0953. The second kappa shape index (κ2) is 8.48. The molecule has 3 aromatic heterocycles. The summed E-state index contributed by atoms with van der Waals surface area (Å²) in [6.07, 6.45) is 5.57. The molecule has 1 saturated carbocycles. The van der Waals surface area contributed by atoms with Gasteiger partial charge in [-0.15, -0.1) is 11.3 Å². The minimum Gasteiger partial charge on any atom is -0.477 e. The van der Waals surface area contributed by atoms with Gasteiger partial charge in [0.05, 0.1) is 22.7 Å². The number of nitrogens with zero attached hydrogens (tertiary/aromatic N) is 1. The van der Waals surface area contributed by atoms with E-state index in [-0.39, 0.29) is 17.6 Å². The maximum atomic E-state index is 12.6. The van der Waals surface area contributed by atoms with Crippen molar-refractivity contribution in [2.24, 2.45) is 5.92 Å². The molecule has 1 aliphatic rings. The average molecular weight is 411 g/mol. The molecular weight excluding hydrogens is 390 g/mol. The molecule has 3 heterocycles. The third-order valence-electron chi connectivity index (χ3n) is 4.52. The minimum absolute atomic E-state index is 0.191. The van der Waals surface area contributed by atoms with Crippen LogP contribution in [0, 0.1) is 12.8 Å². The Labute approximate surface area is 172 Å². The van der Waals surface area contributed by atoms with Crippen LogP contribution in [0.4, 0.5) is 5.00 Å². The van der Waals surface area contributed by atoms with Crippen LogP contribution in [0.25, 0.3) is 0 Å². The van der Waals surface area contributed by atoms with E-state index >= 15 is 0 Å².